The van der Waals surface area contributed by atoms with E-state index in [9.17, 15) is 9.59 Å². The normalized spacial score (nSPS) is 11.2. The Balaban J connectivity index is 1.45. The van der Waals surface area contributed by atoms with Crippen LogP contribution in [0.4, 0.5) is 5.82 Å². The quantitative estimate of drug-likeness (QED) is 0.450. The van der Waals surface area contributed by atoms with Crippen LogP contribution in [0.25, 0.3) is 11.0 Å². The third kappa shape index (κ3) is 4.56. The molecule has 0 fully saturated rings. The molecule has 31 heavy (non-hydrogen) atoms. The van der Waals surface area contributed by atoms with Gasteiger partial charge in [-0.1, -0.05) is 42.8 Å². The number of hydrogen-bond donors (Lipinski definition) is 1. The lowest BCUT2D eigenvalue weighted by molar-refractivity contribution is -0.116. The number of carbonyl (C=O) groups excluding carboxylic acids is 1. The molecule has 4 rings (SSSR count). The summed E-state index contributed by atoms with van der Waals surface area (Å²) >= 11 is 5.94. The van der Waals surface area contributed by atoms with Crippen molar-refractivity contribution in [3.63, 3.8) is 0 Å². The third-order valence-corrected chi connectivity index (χ3v) is 5.42. The highest BCUT2D eigenvalue weighted by Crippen LogP contribution is 2.15. The van der Waals surface area contributed by atoms with Gasteiger partial charge in [0.2, 0.25) is 5.91 Å². The van der Waals surface area contributed by atoms with E-state index in [0.29, 0.717) is 30.5 Å². The average Bonchev–Trinajstić information content (AvgIpc) is 3.31. The molecule has 0 aliphatic heterocycles. The molecular formula is C23H24ClN5O2. The van der Waals surface area contributed by atoms with Gasteiger partial charge in [0.25, 0.3) is 0 Å². The minimum absolute atomic E-state index is 0.0800. The number of amides is 1. The van der Waals surface area contributed by atoms with E-state index in [-0.39, 0.29) is 18.0 Å². The van der Waals surface area contributed by atoms with Gasteiger partial charge in [-0.15, -0.1) is 0 Å². The fourth-order valence-electron chi connectivity index (χ4n) is 3.67. The lowest BCUT2D eigenvalue weighted by atomic mass is 10.2. The summed E-state index contributed by atoms with van der Waals surface area (Å²) in [7, 11) is 0. The minimum atomic E-state index is -0.169. The van der Waals surface area contributed by atoms with Crippen molar-refractivity contribution in [3.8, 4) is 0 Å². The van der Waals surface area contributed by atoms with Crippen LogP contribution in [-0.4, -0.2) is 24.8 Å². The molecule has 0 saturated carbocycles. The summed E-state index contributed by atoms with van der Waals surface area (Å²) in [6.07, 6.45) is 2.70. The molecule has 0 aliphatic carbocycles. The predicted molar refractivity (Wildman–Crippen MR) is 123 cm³/mol. The second-order valence-corrected chi connectivity index (χ2v) is 7.81. The maximum atomic E-state index is 12.9. The van der Waals surface area contributed by atoms with E-state index in [1.54, 1.807) is 26.1 Å². The van der Waals surface area contributed by atoms with Crippen LogP contribution in [-0.2, 0) is 24.4 Å². The summed E-state index contributed by atoms with van der Waals surface area (Å²) in [6.45, 7) is 3.53. The number of fused-ring (bicyclic) bond motifs is 1. The van der Waals surface area contributed by atoms with E-state index < -0.39 is 0 Å². The molecular weight excluding hydrogens is 414 g/mol. The van der Waals surface area contributed by atoms with Gasteiger partial charge in [0.1, 0.15) is 5.82 Å². The zero-order chi connectivity index (χ0) is 21.8. The predicted octanol–water partition coefficient (Wildman–Crippen LogP) is 4.14. The Morgan fingerprint density at radius 2 is 1.68 bits per heavy atom. The summed E-state index contributed by atoms with van der Waals surface area (Å²) in [5.41, 5.74) is 2.69. The van der Waals surface area contributed by atoms with Crippen molar-refractivity contribution in [2.24, 2.45) is 0 Å². The number of nitrogens with one attached hydrogen (secondary N) is 1. The molecule has 7 nitrogen and oxygen atoms in total. The molecule has 2 aromatic carbocycles. The second-order valence-electron chi connectivity index (χ2n) is 7.37. The van der Waals surface area contributed by atoms with Crippen molar-refractivity contribution in [2.45, 2.75) is 39.4 Å². The SMILES string of the molecule is CCCn1c(=O)n(CCC(=O)Nc2ccnn2Cc2ccc(Cl)cc2)c2ccccc21. The topological polar surface area (TPSA) is 73.8 Å². The van der Waals surface area contributed by atoms with Crippen molar-refractivity contribution in [1.82, 2.24) is 18.9 Å². The van der Waals surface area contributed by atoms with Crippen molar-refractivity contribution in [1.29, 1.82) is 0 Å². The second kappa shape index (κ2) is 9.22. The Bertz CT molecular complexity index is 1250. The van der Waals surface area contributed by atoms with Gasteiger partial charge < -0.3 is 5.32 Å². The highest BCUT2D eigenvalue weighted by atomic mass is 35.5. The first kappa shape index (κ1) is 20.9. The molecule has 2 heterocycles. The lowest BCUT2D eigenvalue weighted by Crippen LogP contribution is -2.26. The summed E-state index contributed by atoms with van der Waals surface area (Å²) in [4.78, 5) is 25.5. The monoisotopic (exact) mass is 437 g/mol. The highest BCUT2D eigenvalue weighted by molar-refractivity contribution is 6.30. The molecule has 160 valence electrons. The maximum Gasteiger partial charge on any atom is 0.329 e. The minimum Gasteiger partial charge on any atom is -0.311 e. The number of benzene rings is 2. The van der Waals surface area contributed by atoms with Gasteiger partial charge in [-0.2, -0.15) is 5.10 Å². The zero-order valence-corrected chi connectivity index (χ0v) is 18.0. The van der Waals surface area contributed by atoms with E-state index in [4.69, 9.17) is 11.6 Å². The van der Waals surface area contributed by atoms with Gasteiger partial charge in [0.05, 0.1) is 23.8 Å². The number of aromatic nitrogens is 4. The molecule has 0 spiro atoms. The van der Waals surface area contributed by atoms with Crippen LogP contribution in [0.2, 0.25) is 5.02 Å². The molecule has 1 amide bonds. The number of aryl methyl sites for hydroxylation is 2. The Morgan fingerprint density at radius 3 is 2.35 bits per heavy atom. The van der Waals surface area contributed by atoms with Gasteiger partial charge in [0, 0.05) is 30.6 Å². The summed E-state index contributed by atoms with van der Waals surface area (Å²) < 4.78 is 5.17. The third-order valence-electron chi connectivity index (χ3n) is 5.16. The Hall–Kier alpha value is -3.32. The van der Waals surface area contributed by atoms with Crippen LogP contribution >= 0.6 is 11.6 Å². The molecule has 0 saturated heterocycles. The highest BCUT2D eigenvalue weighted by Gasteiger charge is 2.14. The van der Waals surface area contributed by atoms with E-state index >= 15 is 0 Å². The number of nitrogens with zero attached hydrogens (tertiary/aromatic N) is 4. The van der Waals surface area contributed by atoms with Crippen molar-refractivity contribution >= 4 is 34.4 Å². The Kier molecular flexibility index (Phi) is 6.23. The Morgan fingerprint density at radius 1 is 1.00 bits per heavy atom. The lowest BCUT2D eigenvalue weighted by Gasteiger charge is -2.10. The van der Waals surface area contributed by atoms with E-state index in [2.05, 4.69) is 10.4 Å². The van der Waals surface area contributed by atoms with Gasteiger partial charge in [-0.3, -0.25) is 13.9 Å². The molecule has 8 heteroatoms. The first-order valence-corrected chi connectivity index (χ1v) is 10.7. The fourth-order valence-corrected chi connectivity index (χ4v) is 3.80. The van der Waals surface area contributed by atoms with Crippen LogP contribution in [0.15, 0.2) is 65.6 Å². The molecule has 0 atom stereocenters. The van der Waals surface area contributed by atoms with E-state index in [1.807, 2.05) is 55.5 Å². The largest absolute Gasteiger partial charge is 0.329 e. The molecule has 0 aliphatic rings. The summed E-state index contributed by atoms with van der Waals surface area (Å²) in [5.74, 6) is 0.442. The average molecular weight is 438 g/mol. The number of hydrogen-bond acceptors (Lipinski definition) is 3. The van der Waals surface area contributed by atoms with Crippen molar-refractivity contribution in [2.75, 3.05) is 5.32 Å². The van der Waals surface area contributed by atoms with E-state index in [1.165, 1.54) is 0 Å². The van der Waals surface area contributed by atoms with Crippen molar-refractivity contribution in [3.05, 3.63) is 81.9 Å². The number of imidazole rings is 1. The summed E-state index contributed by atoms with van der Waals surface area (Å²) in [6, 6.07) is 16.9. The molecule has 2 aromatic heterocycles. The first-order chi connectivity index (χ1) is 15.1. The number of anilines is 1. The van der Waals surface area contributed by atoms with Crippen LogP contribution in [0.3, 0.4) is 0 Å². The van der Waals surface area contributed by atoms with Crippen LogP contribution < -0.4 is 11.0 Å². The van der Waals surface area contributed by atoms with Crippen LogP contribution in [0, 0.1) is 0 Å². The molecule has 1 N–H and O–H groups in total. The van der Waals surface area contributed by atoms with Gasteiger partial charge in [-0.25, -0.2) is 9.48 Å². The zero-order valence-electron chi connectivity index (χ0n) is 17.3. The number of halogens is 1. The number of para-hydroxylation sites is 2. The molecule has 0 unspecified atom stereocenters. The number of rotatable bonds is 8. The fraction of sp³-hybridized carbons (Fsp3) is 0.261. The maximum absolute atomic E-state index is 12.9. The standard InChI is InChI=1S/C23H24ClN5O2/c1-2-14-27-19-5-3-4-6-20(19)28(23(27)31)15-12-22(30)26-21-11-13-25-29(21)16-17-7-9-18(24)10-8-17/h3-11,13H,2,12,14-16H2,1H3,(H,26,30). The Labute approximate surface area is 184 Å². The van der Waals surface area contributed by atoms with Gasteiger partial charge in [0.15, 0.2) is 0 Å². The first-order valence-electron chi connectivity index (χ1n) is 10.3. The molecule has 4 aromatic rings. The van der Waals surface area contributed by atoms with E-state index in [0.717, 1.165) is 23.0 Å². The van der Waals surface area contributed by atoms with Crippen LogP contribution in [0.1, 0.15) is 25.3 Å². The van der Waals surface area contributed by atoms with Crippen molar-refractivity contribution < 1.29 is 4.79 Å². The van der Waals surface area contributed by atoms with Gasteiger partial charge >= 0.3 is 5.69 Å². The summed E-state index contributed by atoms with van der Waals surface area (Å²) in [5, 5.41) is 7.87. The van der Waals surface area contributed by atoms with Gasteiger partial charge in [-0.05, 0) is 36.2 Å². The molecule has 0 bridgehead atoms. The number of carbonyl (C=O) groups is 1. The molecule has 0 radical (unpaired) electrons. The smallest absolute Gasteiger partial charge is 0.311 e. The van der Waals surface area contributed by atoms with Crippen LogP contribution in [0.5, 0.6) is 0 Å².